The third kappa shape index (κ3) is 3.00. The lowest BCUT2D eigenvalue weighted by Gasteiger charge is -2.29. The normalized spacial score (nSPS) is 11.8. The summed E-state index contributed by atoms with van der Waals surface area (Å²) >= 11 is 5.87. The van der Waals surface area contributed by atoms with Crippen LogP contribution in [-0.4, -0.2) is 33.0 Å². The van der Waals surface area contributed by atoms with Gasteiger partial charge in [0, 0.05) is 5.56 Å². The Bertz CT molecular complexity index is 925. The summed E-state index contributed by atoms with van der Waals surface area (Å²) in [7, 11) is 0. The molecule has 26 heavy (non-hydrogen) atoms. The van der Waals surface area contributed by atoms with Crippen LogP contribution in [0.3, 0.4) is 0 Å². The minimum absolute atomic E-state index is 0.0966. The summed E-state index contributed by atoms with van der Waals surface area (Å²) in [6.45, 7) is 0.656. The Balaban J connectivity index is 2.39. The van der Waals surface area contributed by atoms with Gasteiger partial charge < -0.3 is 14.8 Å². The van der Waals surface area contributed by atoms with Crippen LogP contribution in [0.4, 0.5) is 8.78 Å². The van der Waals surface area contributed by atoms with Gasteiger partial charge in [0.05, 0.1) is 47.1 Å². The maximum absolute atomic E-state index is 14.8. The van der Waals surface area contributed by atoms with Crippen LogP contribution in [0.5, 0.6) is 0 Å². The third-order valence-corrected chi connectivity index (χ3v) is 4.65. The van der Waals surface area contributed by atoms with E-state index in [0.29, 0.717) is 11.3 Å². The van der Waals surface area contributed by atoms with Gasteiger partial charge in [-0.2, -0.15) is 0 Å². The number of rotatable bonds is 5. The summed E-state index contributed by atoms with van der Waals surface area (Å²) < 4.78 is 30.7. The van der Waals surface area contributed by atoms with Gasteiger partial charge in [-0.15, -0.1) is 0 Å². The smallest absolute Gasteiger partial charge is 0.154 e. The van der Waals surface area contributed by atoms with Crippen molar-refractivity contribution in [2.24, 2.45) is 0 Å². The van der Waals surface area contributed by atoms with Crippen LogP contribution in [0.2, 0.25) is 5.02 Å². The zero-order chi connectivity index (χ0) is 18.9. The molecule has 136 valence electrons. The molecule has 4 nitrogen and oxygen atoms in total. The highest BCUT2D eigenvalue weighted by molar-refractivity contribution is 6.31. The second-order valence-corrected chi connectivity index (χ2v) is 6.62. The monoisotopic (exact) mass is 378 g/mol. The molecular weight excluding hydrogens is 362 g/mol. The molecule has 3 rings (SSSR count). The van der Waals surface area contributed by atoms with Gasteiger partial charge in [-0.3, -0.25) is 0 Å². The first-order valence-corrected chi connectivity index (χ1v) is 8.29. The van der Waals surface area contributed by atoms with Crippen LogP contribution in [0, 0.1) is 11.6 Å². The molecule has 0 bridgehead atoms. The molecule has 0 spiro atoms. The Morgan fingerprint density at radius 3 is 2.35 bits per heavy atom. The van der Waals surface area contributed by atoms with E-state index >= 15 is 0 Å². The lowest BCUT2D eigenvalue weighted by atomic mass is 9.99. The quantitative estimate of drug-likeness (QED) is 0.663. The zero-order valence-corrected chi connectivity index (χ0v) is 14.7. The van der Waals surface area contributed by atoms with E-state index in [0.717, 1.165) is 12.1 Å². The van der Waals surface area contributed by atoms with Gasteiger partial charge in [0.25, 0.3) is 0 Å². The van der Waals surface area contributed by atoms with Gasteiger partial charge in [0.1, 0.15) is 5.82 Å². The first kappa shape index (κ1) is 18.5. The van der Waals surface area contributed by atoms with Crippen molar-refractivity contribution in [3.05, 3.63) is 65.4 Å². The van der Waals surface area contributed by atoms with Gasteiger partial charge in [-0.25, -0.2) is 13.8 Å². The molecule has 0 aliphatic heterocycles. The number of benzene rings is 2. The predicted molar refractivity (Wildman–Crippen MR) is 95.8 cm³/mol. The van der Waals surface area contributed by atoms with Crippen molar-refractivity contribution < 1.29 is 19.0 Å². The van der Waals surface area contributed by atoms with Gasteiger partial charge >= 0.3 is 0 Å². The molecule has 2 aromatic carbocycles. The lowest BCUT2D eigenvalue weighted by molar-refractivity contribution is 0.0789. The Morgan fingerprint density at radius 2 is 1.73 bits per heavy atom. The molecule has 0 saturated heterocycles. The average molecular weight is 379 g/mol. The highest BCUT2D eigenvalue weighted by Crippen LogP contribution is 2.39. The van der Waals surface area contributed by atoms with Crippen molar-refractivity contribution in [2.45, 2.75) is 12.5 Å². The van der Waals surface area contributed by atoms with E-state index in [1.807, 2.05) is 6.07 Å². The third-order valence-electron chi connectivity index (χ3n) is 4.36. The molecular formula is C19H17ClF2N2O2. The van der Waals surface area contributed by atoms with E-state index in [2.05, 4.69) is 4.98 Å². The molecule has 1 heterocycles. The standard InChI is InChI=1S/C19H17ClF2N2O2/c1-19(9-25,10-26)24-11-23-17(12-5-3-2-4-6-12)18(24)15-14(21)8-7-13(20)16(15)22/h2-8,11,25-26H,9-10H2,1H3. The molecule has 2 N–H and O–H groups in total. The average Bonchev–Trinajstić information content (AvgIpc) is 3.10. The van der Waals surface area contributed by atoms with Crippen LogP contribution in [0.25, 0.3) is 22.5 Å². The maximum Gasteiger partial charge on any atom is 0.154 e. The highest BCUT2D eigenvalue weighted by Gasteiger charge is 2.32. The summed E-state index contributed by atoms with van der Waals surface area (Å²) in [4.78, 5) is 4.30. The molecule has 0 unspecified atom stereocenters. The molecule has 0 amide bonds. The first-order chi connectivity index (χ1) is 12.4. The number of nitrogens with zero attached hydrogens (tertiary/aromatic N) is 2. The molecule has 0 atom stereocenters. The van der Waals surface area contributed by atoms with Gasteiger partial charge in [-0.05, 0) is 19.1 Å². The van der Waals surface area contributed by atoms with Crippen LogP contribution >= 0.6 is 11.6 Å². The van der Waals surface area contributed by atoms with Crippen molar-refractivity contribution in [3.8, 4) is 22.5 Å². The molecule has 0 radical (unpaired) electrons. The summed E-state index contributed by atoms with van der Waals surface area (Å²) in [5.74, 6) is -1.74. The minimum Gasteiger partial charge on any atom is -0.394 e. The topological polar surface area (TPSA) is 58.3 Å². The fourth-order valence-corrected chi connectivity index (χ4v) is 2.91. The fraction of sp³-hybridized carbons (Fsp3) is 0.211. The molecule has 0 aliphatic carbocycles. The second kappa shape index (κ2) is 7.15. The molecule has 3 aromatic rings. The highest BCUT2D eigenvalue weighted by atomic mass is 35.5. The molecule has 0 saturated carbocycles. The van der Waals surface area contributed by atoms with Crippen molar-refractivity contribution >= 4 is 11.6 Å². The number of imidazole rings is 1. The number of hydrogen-bond donors (Lipinski definition) is 2. The van der Waals surface area contributed by atoms with E-state index in [1.165, 1.54) is 10.9 Å². The predicted octanol–water partition coefficient (Wildman–Crippen LogP) is 3.85. The zero-order valence-electron chi connectivity index (χ0n) is 14.0. The van der Waals surface area contributed by atoms with E-state index in [4.69, 9.17) is 11.6 Å². The second-order valence-electron chi connectivity index (χ2n) is 6.21. The Labute approximate surface area is 154 Å². The van der Waals surface area contributed by atoms with E-state index in [1.54, 1.807) is 31.2 Å². The molecule has 1 aromatic heterocycles. The number of aromatic nitrogens is 2. The van der Waals surface area contributed by atoms with Gasteiger partial charge in [0.15, 0.2) is 5.82 Å². The van der Waals surface area contributed by atoms with E-state index < -0.39 is 30.4 Å². The minimum atomic E-state index is -1.21. The van der Waals surface area contributed by atoms with Gasteiger partial charge in [0.2, 0.25) is 0 Å². The molecule has 7 heteroatoms. The van der Waals surface area contributed by atoms with Crippen molar-refractivity contribution in [1.82, 2.24) is 9.55 Å². The van der Waals surface area contributed by atoms with E-state index in [-0.39, 0.29) is 16.3 Å². The van der Waals surface area contributed by atoms with Gasteiger partial charge in [-0.1, -0.05) is 41.9 Å². The maximum atomic E-state index is 14.8. The van der Waals surface area contributed by atoms with Crippen molar-refractivity contribution in [3.63, 3.8) is 0 Å². The van der Waals surface area contributed by atoms with Crippen molar-refractivity contribution in [1.29, 1.82) is 0 Å². The van der Waals surface area contributed by atoms with Crippen molar-refractivity contribution in [2.75, 3.05) is 13.2 Å². The van der Waals surface area contributed by atoms with Crippen LogP contribution in [0.1, 0.15) is 6.92 Å². The Hall–Kier alpha value is -2.28. The number of aliphatic hydroxyl groups is 2. The number of hydrogen-bond acceptors (Lipinski definition) is 3. The summed E-state index contributed by atoms with van der Waals surface area (Å²) in [6.07, 6.45) is 1.35. The van der Waals surface area contributed by atoms with Crippen LogP contribution < -0.4 is 0 Å². The molecule has 0 aliphatic rings. The fourth-order valence-electron chi connectivity index (χ4n) is 2.75. The Morgan fingerprint density at radius 1 is 1.08 bits per heavy atom. The molecule has 0 fully saturated rings. The Kier molecular flexibility index (Phi) is 5.09. The summed E-state index contributed by atoms with van der Waals surface area (Å²) in [5, 5.41) is 19.3. The lowest BCUT2D eigenvalue weighted by Crippen LogP contribution is -2.38. The number of aliphatic hydroxyl groups excluding tert-OH is 2. The first-order valence-electron chi connectivity index (χ1n) is 7.92. The number of halogens is 3. The largest absolute Gasteiger partial charge is 0.394 e. The SMILES string of the molecule is CC(CO)(CO)n1cnc(-c2ccccc2)c1-c1c(F)ccc(Cl)c1F. The summed E-state index contributed by atoms with van der Waals surface area (Å²) in [5.41, 5.74) is -0.519. The van der Waals surface area contributed by atoms with Crippen LogP contribution in [0.15, 0.2) is 48.8 Å². The van der Waals surface area contributed by atoms with Crippen LogP contribution in [-0.2, 0) is 5.54 Å². The van der Waals surface area contributed by atoms with E-state index in [9.17, 15) is 19.0 Å². The summed E-state index contributed by atoms with van der Waals surface area (Å²) in [6, 6.07) is 11.1.